The van der Waals surface area contributed by atoms with E-state index in [0.29, 0.717) is 23.5 Å². The van der Waals surface area contributed by atoms with E-state index in [1.807, 2.05) is 20.8 Å². The fourth-order valence-electron chi connectivity index (χ4n) is 3.63. The summed E-state index contributed by atoms with van der Waals surface area (Å²) >= 11 is 0. The molecule has 1 amide bonds. The minimum atomic E-state index is -1.20. The van der Waals surface area contributed by atoms with Crippen molar-refractivity contribution < 1.29 is 29.3 Å². The largest absolute Gasteiger partial charge is 0.481 e. The van der Waals surface area contributed by atoms with E-state index in [9.17, 15) is 24.2 Å². The number of hydrogen-bond donors (Lipinski definition) is 3. The monoisotopic (exact) mass is 475 g/mol. The normalized spacial score (nSPS) is 13.4. The first-order valence-electron chi connectivity index (χ1n) is 11.5. The van der Waals surface area contributed by atoms with Gasteiger partial charge in [0.15, 0.2) is 5.69 Å². The minimum absolute atomic E-state index is 0.0953. The van der Waals surface area contributed by atoms with Gasteiger partial charge in [-0.15, -0.1) is 0 Å². The quantitative estimate of drug-likeness (QED) is 0.432. The van der Waals surface area contributed by atoms with Crippen LogP contribution >= 0.6 is 0 Å². The van der Waals surface area contributed by atoms with Crippen LogP contribution in [0.1, 0.15) is 74.1 Å². The maximum atomic E-state index is 13.5. The van der Waals surface area contributed by atoms with Crippen molar-refractivity contribution in [3.05, 3.63) is 53.1 Å². The summed E-state index contributed by atoms with van der Waals surface area (Å²) in [6.07, 6.45) is 1.89. The Balaban J connectivity index is 2.52. The highest BCUT2D eigenvalue weighted by atomic mass is 19.1. The van der Waals surface area contributed by atoms with Crippen LogP contribution in [0.15, 0.2) is 30.3 Å². The molecule has 1 heterocycles. The van der Waals surface area contributed by atoms with Gasteiger partial charge < -0.3 is 20.2 Å². The van der Waals surface area contributed by atoms with Crippen molar-refractivity contribution in [2.75, 3.05) is 13.6 Å². The number of halogens is 1. The number of amides is 1. The van der Waals surface area contributed by atoms with Crippen LogP contribution in [0.2, 0.25) is 0 Å². The molecule has 0 aliphatic rings. The number of aromatic nitrogens is 2. The number of hydrogen-bond acceptors (Lipinski definition) is 5. The number of aliphatic hydroxyl groups excluding tert-OH is 2. The van der Waals surface area contributed by atoms with Crippen molar-refractivity contribution in [3.8, 4) is 5.69 Å². The second-order valence-corrected chi connectivity index (χ2v) is 8.68. The van der Waals surface area contributed by atoms with Crippen LogP contribution in [-0.2, 0) is 4.79 Å². The third kappa shape index (κ3) is 7.23. The Morgan fingerprint density at radius 3 is 2.41 bits per heavy atom. The maximum Gasteiger partial charge on any atom is 0.305 e. The molecular formula is C25H34FN3O5. The van der Waals surface area contributed by atoms with Crippen molar-refractivity contribution in [3.63, 3.8) is 0 Å². The van der Waals surface area contributed by atoms with Gasteiger partial charge in [-0.25, -0.2) is 9.07 Å². The molecule has 0 aliphatic heterocycles. The summed E-state index contributed by atoms with van der Waals surface area (Å²) in [6.45, 7) is 6.49. The topological polar surface area (TPSA) is 116 Å². The molecule has 186 valence electrons. The molecule has 0 saturated heterocycles. The lowest BCUT2D eigenvalue weighted by molar-refractivity contribution is -0.139. The fraction of sp³-hybridized carbons (Fsp3) is 0.480. The van der Waals surface area contributed by atoms with Crippen LogP contribution in [0.4, 0.5) is 4.39 Å². The number of aliphatic hydroxyl groups is 2. The van der Waals surface area contributed by atoms with E-state index in [2.05, 4.69) is 5.10 Å². The van der Waals surface area contributed by atoms with Gasteiger partial charge in [0.1, 0.15) is 5.82 Å². The van der Waals surface area contributed by atoms with Gasteiger partial charge in [0, 0.05) is 25.6 Å². The van der Waals surface area contributed by atoms with Gasteiger partial charge in [0.2, 0.25) is 0 Å². The molecule has 8 nitrogen and oxygen atoms in total. The van der Waals surface area contributed by atoms with Gasteiger partial charge in [-0.05, 0) is 42.7 Å². The lowest BCUT2D eigenvalue weighted by Crippen LogP contribution is -2.29. The second kappa shape index (κ2) is 12.4. The summed E-state index contributed by atoms with van der Waals surface area (Å²) < 4.78 is 15.1. The van der Waals surface area contributed by atoms with E-state index in [1.54, 1.807) is 30.2 Å². The SMILES string of the molecule is CCCCN(C)C(=O)c1nn(-c2ccc(F)cc2)c(C=CC(O)CC(O)CC(=O)O)c1C(C)C. The molecule has 0 spiro atoms. The lowest BCUT2D eigenvalue weighted by atomic mass is 9.98. The Morgan fingerprint density at radius 1 is 1.21 bits per heavy atom. The molecule has 2 rings (SSSR count). The Labute approximate surface area is 199 Å². The minimum Gasteiger partial charge on any atom is -0.481 e. The highest BCUT2D eigenvalue weighted by molar-refractivity contribution is 5.95. The molecule has 1 aromatic heterocycles. The smallest absolute Gasteiger partial charge is 0.305 e. The zero-order valence-electron chi connectivity index (χ0n) is 20.1. The van der Waals surface area contributed by atoms with Crippen LogP contribution < -0.4 is 0 Å². The molecule has 9 heteroatoms. The van der Waals surface area contributed by atoms with Crippen molar-refractivity contribution >= 4 is 18.0 Å². The van der Waals surface area contributed by atoms with E-state index in [1.165, 1.54) is 22.9 Å². The average molecular weight is 476 g/mol. The Hall–Kier alpha value is -3.04. The summed E-state index contributed by atoms with van der Waals surface area (Å²) in [6, 6.07) is 5.69. The van der Waals surface area contributed by atoms with Crippen molar-refractivity contribution in [2.45, 2.75) is 64.6 Å². The zero-order valence-corrected chi connectivity index (χ0v) is 20.1. The number of carboxylic acid groups (broad SMARTS) is 1. The third-order valence-corrected chi connectivity index (χ3v) is 5.40. The summed E-state index contributed by atoms with van der Waals surface area (Å²) in [5.41, 5.74) is 2.03. The van der Waals surface area contributed by atoms with Gasteiger partial charge in [0.05, 0.1) is 30.0 Å². The van der Waals surface area contributed by atoms with E-state index in [4.69, 9.17) is 5.11 Å². The predicted octanol–water partition coefficient (Wildman–Crippen LogP) is 3.61. The first-order valence-corrected chi connectivity index (χ1v) is 11.5. The number of aliphatic carboxylic acids is 1. The number of unbranched alkanes of at least 4 members (excludes halogenated alkanes) is 1. The summed E-state index contributed by atoms with van der Waals surface area (Å²) in [5.74, 6) is -1.89. The molecule has 3 N–H and O–H groups in total. The van der Waals surface area contributed by atoms with Gasteiger partial charge in [-0.1, -0.05) is 33.3 Å². The van der Waals surface area contributed by atoms with Gasteiger partial charge in [-0.3, -0.25) is 9.59 Å². The molecule has 0 bridgehead atoms. The number of carbonyl (C=O) groups is 2. The molecule has 0 fully saturated rings. The van der Waals surface area contributed by atoms with Gasteiger partial charge in [0.25, 0.3) is 5.91 Å². The molecule has 0 radical (unpaired) electrons. The number of benzene rings is 1. The van der Waals surface area contributed by atoms with E-state index in [0.717, 1.165) is 12.8 Å². The van der Waals surface area contributed by atoms with Crippen molar-refractivity contribution in [2.24, 2.45) is 0 Å². The lowest BCUT2D eigenvalue weighted by Gasteiger charge is -2.17. The second-order valence-electron chi connectivity index (χ2n) is 8.68. The Bertz CT molecular complexity index is 1000. The Kier molecular flexibility index (Phi) is 9.95. The summed E-state index contributed by atoms with van der Waals surface area (Å²) in [4.78, 5) is 25.6. The first-order chi connectivity index (χ1) is 16.0. The van der Waals surface area contributed by atoms with Crippen LogP contribution in [-0.4, -0.2) is 67.7 Å². The number of rotatable bonds is 12. The molecule has 2 atom stereocenters. The standard InChI is InChI=1S/C25H34FN3O5/c1-5-6-13-28(4)25(34)24-23(16(2)3)21(12-11-19(30)14-20(31)15-22(32)33)29(27-24)18-9-7-17(26)8-10-18/h7-12,16,19-20,30-31H,5-6,13-15H2,1-4H3,(H,32,33). The van der Waals surface area contributed by atoms with Crippen molar-refractivity contribution in [1.29, 1.82) is 0 Å². The van der Waals surface area contributed by atoms with Gasteiger partial charge >= 0.3 is 5.97 Å². The van der Waals surface area contributed by atoms with Crippen LogP contribution in [0.3, 0.4) is 0 Å². The molecule has 2 aromatic rings. The third-order valence-electron chi connectivity index (χ3n) is 5.40. The highest BCUT2D eigenvalue weighted by Gasteiger charge is 2.26. The average Bonchev–Trinajstić information content (AvgIpc) is 3.15. The van der Waals surface area contributed by atoms with Crippen LogP contribution in [0.25, 0.3) is 11.8 Å². The molecule has 0 aliphatic carbocycles. The highest BCUT2D eigenvalue weighted by Crippen LogP contribution is 2.29. The summed E-state index contributed by atoms with van der Waals surface area (Å²) in [5, 5.41) is 33.5. The molecular weight excluding hydrogens is 441 g/mol. The molecule has 1 aromatic carbocycles. The summed E-state index contributed by atoms with van der Waals surface area (Å²) in [7, 11) is 1.72. The molecule has 34 heavy (non-hydrogen) atoms. The maximum absolute atomic E-state index is 13.5. The predicted molar refractivity (Wildman–Crippen MR) is 127 cm³/mol. The number of nitrogens with zero attached hydrogens (tertiary/aromatic N) is 3. The Morgan fingerprint density at radius 2 is 1.85 bits per heavy atom. The number of carbonyl (C=O) groups excluding carboxylic acids is 1. The fourth-order valence-corrected chi connectivity index (χ4v) is 3.63. The zero-order chi connectivity index (χ0) is 25.4. The van der Waals surface area contributed by atoms with Crippen LogP contribution in [0, 0.1) is 5.82 Å². The van der Waals surface area contributed by atoms with Crippen molar-refractivity contribution in [1.82, 2.24) is 14.7 Å². The van der Waals surface area contributed by atoms with E-state index < -0.39 is 30.4 Å². The number of carboxylic acids is 1. The van der Waals surface area contributed by atoms with E-state index >= 15 is 0 Å². The van der Waals surface area contributed by atoms with E-state index in [-0.39, 0.29) is 23.9 Å². The molecule has 2 unspecified atom stereocenters. The molecule has 0 saturated carbocycles. The van der Waals surface area contributed by atoms with Gasteiger partial charge in [-0.2, -0.15) is 5.10 Å². The first kappa shape index (κ1) is 27.2. The van der Waals surface area contributed by atoms with Crippen LogP contribution in [0.5, 0.6) is 0 Å².